The normalized spacial score (nSPS) is 11.4. The number of hydrogen-bond acceptors (Lipinski definition) is 8. The van der Waals surface area contributed by atoms with Gasteiger partial charge < -0.3 is 15.2 Å². The Balaban J connectivity index is 0.000000537. The van der Waals surface area contributed by atoms with Crippen LogP contribution < -0.4 is 24.9 Å². The molecule has 1 aromatic carbocycles. The van der Waals surface area contributed by atoms with Crippen LogP contribution in [-0.4, -0.2) is 52.6 Å². The van der Waals surface area contributed by atoms with Gasteiger partial charge in [0.2, 0.25) is 0 Å². The summed E-state index contributed by atoms with van der Waals surface area (Å²) in [7, 11) is -0.809. The molecule has 0 aliphatic heterocycles. The lowest BCUT2D eigenvalue weighted by Crippen LogP contribution is -2.58. The molecule has 0 radical (unpaired) electrons. The van der Waals surface area contributed by atoms with Gasteiger partial charge in [-0.3, -0.25) is 9.59 Å². The summed E-state index contributed by atoms with van der Waals surface area (Å²) >= 11 is 0. The number of aryl methyl sites for hydroxylation is 1. The van der Waals surface area contributed by atoms with Crippen LogP contribution in [0.15, 0.2) is 35.3 Å². The van der Waals surface area contributed by atoms with Crippen molar-refractivity contribution in [2.75, 3.05) is 27.2 Å². The Hall–Kier alpha value is -2.60. The van der Waals surface area contributed by atoms with Crippen LogP contribution in [0.4, 0.5) is 0 Å². The lowest BCUT2D eigenvalue weighted by atomic mass is 10.1. The maximum Gasteiger partial charge on any atom is 0.257 e. The van der Waals surface area contributed by atoms with E-state index in [1.807, 2.05) is 44.1 Å². The predicted octanol–water partition coefficient (Wildman–Crippen LogP) is -2.45. The zero-order valence-corrected chi connectivity index (χ0v) is 16.8. The molecule has 0 bridgehead atoms. The van der Waals surface area contributed by atoms with E-state index in [9.17, 15) is 9.59 Å². The van der Waals surface area contributed by atoms with Crippen molar-refractivity contribution in [2.45, 2.75) is 6.92 Å². The van der Waals surface area contributed by atoms with Crippen molar-refractivity contribution in [1.29, 1.82) is 0 Å². The van der Waals surface area contributed by atoms with Gasteiger partial charge in [-0.15, -0.1) is 0 Å². The number of nitrogens with zero attached hydrogens (tertiary/aromatic N) is 2. The van der Waals surface area contributed by atoms with Gasteiger partial charge in [-0.1, -0.05) is 18.2 Å². The summed E-state index contributed by atoms with van der Waals surface area (Å²) in [5, 5.41) is 4.17. The first-order chi connectivity index (χ1) is 13.5. The number of carbonyl (C=O) groups is 1. The van der Waals surface area contributed by atoms with Crippen LogP contribution in [0, 0.1) is 17.2 Å². The lowest BCUT2D eigenvalue weighted by Gasteiger charge is -2.11. The number of para-hydroxylation sites is 1. The molecule has 29 heavy (non-hydrogen) atoms. The van der Waals surface area contributed by atoms with Gasteiger partial charge in [0.25, 0.3) is 11.5 Å². The largest absolute Gasteiger partial charge is 0.351 e. The molecule has 3 aromatic rings. The number of aromatic amines is 1. The maximum absolute atomic E-state index is 12.5. The Kier molecular flexibility index (Phi) is 7.25. The first-order valence-corrected chi connectivity index (χ1v) is 9.71. The third-order valence-electron chi connectivity index (χ3n) is 3.98. The maximum atomic E-state index is 12.5. The topological polar surface area (TPSA) is 168 Å². The Morgan fingerprint density at radius 2 is 1.93 bits per heavy atom. The molecular weight excluding hydrogens is 404 g/mol. The summed E-state index contributed by atoms with van der Waals surface area (Å²) in [6, 6.07) is 7.60. The summed E-state index contributed by atoms with van der Waals surface area (Å²) < 4.78 is 32.7. The first kappa shape index (κ1) is 22.7. The van der Waals surface area contributed by atoms with E-state index in [0.29, 0.717) is 23.0 Å². The third kappa shape index (κ3) is 6.46. The minimum atomic E-state index is -4.69. The number of carbonyl (C=O) groups excluding carboxylic acids is 1. The molecule has 0 saturated carbocycles. The summed E-state index contributed by atoms with van der Waals surface area (Å²) in [6.45, 7) is 3.23. The fourth-order valence-corrected chi connectivity index (χ4v) is 2.67. The second-order valence-corrected chi connectivity index (χ2v) is 7.31. The third-order valence-corrected chi connectivity index (χ3v) is 3.98. The molecule has 0 spiro atoms. The predicted molar refractivity (Wildman–Crippen MR) is 97.7 cm³/mol. The highest BCUT2D eigenvalue weighted by molar-refractivity contribution is 6.07. The SMILES string of the molecule is Cc1cccc2cc3c(=O)[nH]cc(C(=O)NCCN(C)C)c3nc12.[O-][Cl+3]([O-])([O-])O. The van der Waals surface area contributed by atoms with Crippen molar-refractivity contribution in [2.24, 2.45) is 0 Å². The van der Waals surface area contributed by atoms with Crippen LogP contribution in [0.1, 0.15) is 15.9 Å². The summed E-state index contributed by atoms with van der Waals surface area (Å²) in [6.07, 6.45) is 1.44. The zero-order valence-electron chi connectivity index (χ0n) is 16.1. The first-order valence-electron chi connectivity index (χ1n) is 8.45. The van der Waals surface area contributed by atoms with E-state index in [1.54, 1.807) is 6.07 Å². The molecule has 0 atom stereocenters. The van der Waals surface area contributed by atoms with Crippen LogP contribution in [-0.2, 0) is 0 Å². The molecule has 2 heterocycles. The van der Waals surface area contributed by atoms with E-state index in [0.717, 1.165) is 23.0 Å². The quantitative estimate of drug-likeness (QED) is 0.388. The van der Waals surface area contributed by atoms with Crippen molar-refractivity contribution >= 4 is 27.7 Å². The molecule has 10 nitrogen and oxygen atoms in total. The second kappa shape index (κ2) is 9.27. The monoisotopic (exact) mass is 424 g/mol. The van der Waals surface area contributed by atoms with Gasteiger partial charge in [-0.25, -0.2) is 4.98 Å². The number of aromatic nitrogens is 2. The Labute approximate surface area is 168 Å². The average molecular weight is 425 g/mol. The van der Waals surface area contributed by atoms with Crippen LogP contribution in [0.5, 0.6) is 0 Å². The van der Waals surface area contributed by atoms with Gasteiger partial charge >= 0.3 is 0 Å². The second-order valence-electron chi connectivity index (χ2n) is 6.52. The Morgan fingerprint density at radius 1 is 1.28 bits per heavy atom. The number of amides is 1. The standard InChI is InChI=1S/C18H20N4O2.ClHO4/c1-11-5-4-6-12-9-13-16(21-15(11)12)14(10-20-17(13)23)18(24)19-7-8-22(2)3;2-1(3,4)5/h4-6,9-10H,7-8H2,1-3H3,(H,19,24)(H,20,23);(H,2,3,4,5). The Morgan fingerprint density at radius 3 is 2.55 bits per heavy atom. The lowest BCUT2D eigenvalue weighted by molar-refractivity contribution is -1.92. The number of hydrogen-bond donors (Lipinski definition) is 3. The van der Waals surface area contributed by atoms with Gasteiger partial charge in [0, 0.05) is 24.7 Å². The summed E-state index contributed by atoms with van der Waals surface area (Å²) in [5.74, 6) is -0.237. The Bertz CT molecular complexity index is 1070. The minimum absolute atomic E-state index is 0.237. The number of fused-ring (bicyclic) bond motifs is 2. The highest BCUT2D eigenvalue weighted by Crippen LogP contribution is 2.21. The van der Waals surface area contributed by atoms with E-state index in [1.165, 1.54) is 6.20 Å². The molecule has 11 heteroatoms. The van der Waals surface area contributed by atoms with Crippen molar-refractivity contribution in [3.8, 4) is 0 Å². The van der Waals surface area contributed by atoms with Crippen molar-refractivity contribution < 1.29 is 33.7 Å². The number of rotatable bonds is 4. The highest BCUT2D eigenvalue weighted by Gasteiger charge is 2.15. The van der Waals surface area contributed by atoms with Gasteiger partial charge in [-0.2, -0.15) is 14.0 Å². The summed E-state index contributed by atoms with van der Waals surface area (Å²) in [4.78, 5) is 33.9. The summed E-state index contributed by atoms with van der Waals surface area (Å²) in [5.41, 5.74) is 2.38. The van der Waals surface area contributed by atoms with Crippen LogP contribution in [0.2, 0.25) is 0 Å². The number of nitrogens with one attached hydrogen (secondary N) is 2. The van der Waals surface area contributed by atoms with Crippen molar-refractivity contribution in [3.05, 3.63) is 51.9 Å². The van der Waals surface area contributed by atoms with Gasteiger partial charge in [0.05, 0.1) is 36.9 Å². The van der Waals surface area contributed by atoms with E-state index < -0.39 is 10.2 Å². The average Bonchev–Trinajstić information content (AvgIpc) is 2.60. The number of H-pyrrole nitrogens is 1. The fraction of sp³-hybridized carbons (Fsp3) is 0.278. The smallest absolute Gasteiger partial charge is 0.257 e. The molecule has 0 aliphatic carbocycles. The highest BCUT2D eigenvalue weighted by atomic mass is 35.7. The van der Waals surface area contributed by atoms with Crippen LogP contribution in [0.25, 0.3) is 21.8 Å². The molecule has 3 rings (SSSR count). The van der Waals surface area contributed by atoms with Gasteiger partial charge in [0.15, 0.2) is 0 Å². The molecule has 0 fully saturated rings. The van der Waals surface area contributed by atoms with Gasteiger partial charge in [-0.05, 0) is 32.6 Å². The van der Waals surface area contributed by atoms with E-state index in [2.05, 4.69) is 15.3 Å². The van der Waals surface area contributed by atoms with E-state index >= 15 is 0 Å². The zero-order chi connectivity index (χ0) is 21.8. The van der Waals surface area contributed by atoms with E-state index in [-0.39, 0.29) is 11.5 Å². The minimum Gasteiger partial charge on any atom is -0.351 e. The molecule has 1 amide bonds. The molecule has 0 saturated heterocycles. The fourth-order valence-electron chi connectivity index (χ4n) is 2.67. The number of halogens is 1. The van der Waals surface area contributed by atoms with E-state index in [4.69, 9.17) is 18.6 Å². The molecule has 3 N–H and O–H groups in total. The number of likely N-dealkylation sites (N-methyl/N-ethyl adjacent to an activating group) is 1. The van der Waals surface area contributed by atoms with Crippen molar-refractivity contribution in [1.82, 2.24) is 20.2 Å². The van der Waals surface area contributed by atoms with Crippen LogP contribution >= 0.6 is 0 Å². The molecular formula is C18H21ClN4O6. The molecule has 2 aromatic heterocycles. The van der Waals surface area contributed by atoms with Gasteiger partial charge in [0.1, 0.15) is 0 Å². The molecule has 156 valence electrons. The number of benzene rings is 1. The number of pyridine rings is 2. The van der Waals surface area contributed by atoms with Crippen LogP contribution in [0.3, 0.4) is 0 Å². The molecule has 0 unspecified atom stereocenters. The molecule has 0 aliphatic rings. The van der Waals surface area contributed by atoms with Crippen molar-refractivity contribution in [3.63, 3.8) is 0 Å².